The maximum atomic E-state index is 13.5. The Morgan fingerprint density at radius 3 is 2.38 bits per heavy atom. The summed E-state index contributed by atoms with van der Waals surface area (Å²) in [5, 5.41) is 13.0. The van der Waals surface area contributed by atoms with Crippen molar-refractivity contribution in [1.82, 2.24) is 5.32 Å². The summed E-state index contributed by atoms with van der Waals surface area (Å²) in [5.74, 6) is -1.79. The van der Waals surface area contributed by atoms with Crippen molar-refractivity contribution < 1.29 is 18.7 Å². The zero-order valence-electron chi connectivity index (χ0n) is 12.6. The van der Waals surface area contributed by atoms with Crippen molar-refractivity contribution in [3.05, 3.63) is 35.4 Å². The number of hydrogen-bond acceptors (Lipinski definition) is 2. The minimum Gasteiger partial charge on any atom is -0.388 e. The fourth-order valence-corrected chi connectivity index (χ4v) is 2.40. The van der Waals surface area contributed by atoms with E-state index in [0.29, 0.717) is 12.8 Å². The summed E-state index contributed by atoms with van der Waals surface area (Å²) >= 11 is 0. The van der Waals surface area contributed by atoms with Crippen LogP contribution in [0.4, 0.5) is 8.78 Å². The van der Waals surface area contributed by atoms with E-state index in [0.717, 1.165) is 25.0 Å². The van der Waals surface area contributed by atoms with E-state index in [1.54, 1.807) is 0 Å². The molecule has 1 rings (SSSR count). The van der Waals surface area contributed by atoms with Crippen LogP contribution < -0.4 is 5.32 Å². The van der Waals surface area contributed by atoms with Crippen LogP contribution in [0, 0.1) is 11.6 Å². The molecule has 0 spiro atoms. The van der Waals surface area contributed by atoms with Gasteiger partial charge in [0.25, 0.3) is 0 Å². The number of benzene rings is 1. The van der Waals surface area contributed by atoms with Crippen molar-refractivity contribution in [2.45, 2.75) is 51.6 Å². The average Bonchev–Trinajstić information content (AvgIpc) is 2.40. The average molecular weight is 299 g/mol. The number of amides is 1. The Labute approximate surface area is 124 Å². The number of carbonyl (C=O) groups excluding carboxylic acids is 1. The predicted octanol–water partition coefficient (Wildman–Crippen LogP) is 2.95. The van der Waals surface area contributed by atoms with E-state index in [4.69, 9.17) is 0 Å². The third kappa shape index (κ3) is 5.79. The maximum absolute atomic E-state index is 13.5. The molecule has 0 bridgehead atoms. The molecule has 3 nitrogen and oxygen atoms in total. The molecule has 0 saturated carbocycles. The van der Waals surface area contributed by atoms with Crippen LogP contribution >= 0.6 is 0 Å². The lowest BCUT2D eigenvalue weighted by molar-refractivity contribution is -0.122. The highest BCUT2D eigenvalue weighted by Crippen LogP contribution is 2.18. The Hall–Kier alpha value is -1.49. The van der Waals surface area contributed by atoms with E-state index in [-0.39, 0.29) is 24.4 Å². The first-order chi connectivity index (χ1) is 9.90. The van der Waals surface area contributed by atoms with Crippen LogP contribution in [0.1, 0.15) is 45.1 Å². The molecule has 21 heavy (non-hydrogen) atoms. The van der Waals surface area contributed by atoms with Crippen molar-refractivity contribution in [3.63, 3.8) is 0 Å². The second-order valence-electron chi connectivity index (χ2n) is 5.41. The van der Waals surface area contributed by atoms with Gasteiger partial charge in [0.1, 0.15) is 11.6 Å². The summed E-state index contributed by atoms with van der Waals surface area (Å²) in [6.45, 7) is 4.09. The summed E-state index contributed by atoms with van der Waals surface area (Å²) in [5.41, 5.74) is -0.774. The van der Waals surface area contributed by atoms with Gasteiger partial charge in [-0.3, -0.25) is 4.79 Å². The monoisotopic (exact) mass is 299 g/mol. The molecular formula is C16H23F2NO2. The zero-order chi connectivity index (χ0) is 15.9. The van der Waals surface area contributed by atoms with Gasteiger partial charge in [-0.2, -0.15) is 0 Å². The Balaban J connectivity index is 2.56. The molecule has 0 radical (unpaired) electrons. The molecule has 0 saturated heterocycles. The molecule has 0 atom stereocenters. The van der Waals surface area contributed by atoms with Gasteiger partial charge in [0.2, 0.25) is 5.91 Å². The summed E-state index contributed by atoms with van der Waals surface area (Å²) < 4.78 is 26.2. The van der Waals surface area contributed by atoms with E-state index >= 15 is 0 Å². The van der Waals surface area contributed by atoms with Crippen molar-refractivity contribution in [3.8, 4) is 0 Å². The Morgan fingerprint density at radius 2 is 1.86 bits per heavy atom. The van der Waals surface area contributed by atoms with E-state index in [9.17, 15) is 18.7 Å². The maximum Gasteiger partial charge on any atom is 0.224 e. The second-order valence-corrected chi connectivity index (χ2v) is 5.41. The number of carbonyl (C=O) groups is 1. The first kappa shape index (κ1) is 17.6. The Kier molecular flexibility index (Phi) is 6.75. The van der Waals surface area contributed by atoms with Crippen LogP contribution in [0.2, 0.25) is 0 Å². The molecule has 0 aromatic heterocycles. The molecule has 5 heteroatoms. The zero-order valence-corrected chi connectivity index (χ0v) is 12.6. The third-order valence-electron chi connectivity index (χ3n) is 3.41. The van der Waals surface area contributed by atoms with Crippen LogP contribution in [0.25, 0.3) is 0 Å². The SMILES string of the molecule is CCCC(O)(CCC)CNC(=O)Cc1ccc(F)cc1F. The molecule has 1 amide bonds. The Bertz CT molecular complexity index is 471. The molecule has 0 aliphatic carbocycles. The van der Waals surface area contributed by atoms with Gasteiger partial charge in [-0.1, -0.05) is 32.8 Å². The molecule has 0 heterocycles. The number of halogens is 2. The molecule has 1 aromatic rings. The quantitative estimate of drug-likeness (QED) is 0.775. The first-order valence-electron chi connectivity index (χ1n) is 7.33. The summed E-state index contributed by atoms with van der Waals surface area (Å²) in [4.78, 5) is 11.8. The van der Waals surface area contributed by atoms with Crippen molar-refractivity contribution in [1.29, 1.82) is 0 Å². The van der Waals surface area contributed by atoms with Gasteiger partial charge in [-0.25, -0.2) is 8.78 Å². The van der Waals surface area contributed by atoms with Crippen molar-refractivity contribution >= 4 is 5.91 Å². The normalized spacial score (nSPS) is 11.5. The largest absolute Gasteiger partial charge is 0.388 e. The van der Waals surface area contributed by atoms with E-state index in [1.165, 1.54) is 6.07 Å². The molecule has 2 N–H and O–H groups in total. The van der Waals surface area contributed by atoms with Gasteiger partial charge < -0.3 is 10.4 Å². The van der Waals surface area contributed by atoms with E-state index < -0.39 is 17.2 Å². The molecule has 118 valence electrons. The fourth-order valence-electron chi connectivity index (χ4n) is 2.40. The Morgan fingerprint density at radius 1 is 1.24 bits per heavy atom. The van der Waals surface area contributed by atoms with Gasteiger partial charge in [0, 0.05) is 12.6 Å². The third-order valence-corrected chi connectivity index (χ3v) is 3.41. The molecule has 0 aliphatic heterocycles. The molecular weight excluding hydrogens is 276 g/mol. The van der Waals surface area contributed by atoms with E-state index in [1.807, 2.05) is 13.8 Å². The first-order valence-corrected chi connectivity index (χ1v) is 7.33. The number of nitrogens with one attached hydrogen (secondary N) is 1. The lowest BCUT2D eigenvalue weighted by atomic mass is 9.92. The topological polar surface area (TPSA) is 49.3 Å². The number of hydrogen-bond donors (Lipinski definition) is 2. The van der Waals surface area contributed by atoms with Crippen LogP contribution in [0.15, 0.2) is 18.2 Å². The standard InChI is InChI=1S/C16H23F2NO2/c1-3-7-16(21,8-4-2)11-19-15(20)9-12-5-6-13(17)10-14(12)18/h5-6,10,21H,3-4,7-9,11H2,1-2H3,(H,19,20). The summed E-state index contributed by atoms with van der Waals surface area (Å²) in [7, 11) is 0. The molecule has 0 unspecified atom stereocenters. The molecule has 1 aromatic carbocycles. The van der Waals surface area contributed by atoms with Gasteiger partial charge in [0.05, 0.1) is 12.0 Å². The van der Waals surface area contributed by atoms with Gasteiger partial charge in [-0.05, 0) is 24.5 Å². The highest BCUT2D eigenvalue weighted by molar-refractivity contribution is 5.78. The predicted molar refractivity (Wildman–Crippen MR) is 77.8 cm³/mol. The van der Waals surface area contributed by atoms with Gasteiger partial charge in [0.15, 0.2) is 0 Å². The van der Waals surface area contributed by atoms with Crippen molar-refractivity contribution in [2.24, 2.45) is 0 Å². The second kappa shape index (κ2) is 8.08. The minimum absolute atomic E-state index is 0.142. The van der Waals surface area contributed by atoms with Gasteiger partial charge in [-0.15, -0.1) is 0 Å². The lowest BCUT2D eigenvalue weighted by Gasteiger charge is -2.27. The minimum atomic E-state index is -0.916. The fraction of sp³-hybridized carbons (Fsp3) is 0.562. The summed E-state index contributed by atoms with van der Waals surface area (Å²) in [6, 6.07) is 3.14. The number of rotatable bonds is 8. The lowest BCUT2D eigenvalue weighted by Crippen LogP contribution is -2.43. The van der Waals surface area contributed by atoms with Crippen LogP contribution in [0.3, 0.4) is 0 Å². The van der Waals surface area contributed by atoms with E-state index in [2.05, 4.69) is 5.32 Å². The molecule has 0 fully saturated rings. The van der Waals surface area contributed by atoms with Crippen LogP contribution in [-0.4, -0.2) is 23.2 Å². The highest BCUT2D eigenvalue weighted by Gasteiger charge is 2.25. The smallest absolute Gasteiger partial charge is 0.224 e. The number of aliphatic hydroxyl groups is 1. The highest BCUT2D eigenvalue weighted by atomic mass is 19.1. The van der Waals surface area contributed by atoms with Crippen molar-refractivity contribution in [2.75, 3.05) is 6.54 Å². The van der Waals surface area contributed by atoms with Gasteiger partial charge >= 0.3 is 0 Å². The summed E-state index contributed by atoms with van der Waals surface area (Å²) in [6.07, 6.45) is 2.68. The molecule has 0 aliphatic rings. The van der Waals surface area contributed by atoms with Crippen LogP contribution in [0.5, 0.6) is 0 Å². The van der Waals surface area contributed by atoms with Crippen LogP contribution in [-0.2, 0) is 11.2 Å².